The topological polar surface area (TPSA) is 52.6 Å². The third-order valence-corrected chi connectivity index (χ3v) is 5.84. The molecular weight excluding hydrogens is 360 g/mol. The van der Waals surface area contributed by atoms with Gasteiger partial charge < -0.3 is 9.47 Å². The number of esters is 2. The fraction of sp³-hybridized carbons (Fsp3) is 0.444. The average molecular weight is 375 g/mol. The predicted octanol–water partition coefficient (Wildman–Crippen LogP) is 2.40. The second-order valence-electron chi connectivity index (χ2n) is 6.34. The summed E-state index contributed by atoms with van der Waals surface area (Å²) in [5.74, 6) is 5.19. The Morgan fingerprint density at radius 3 is 2.74 bits per heavy atom. The van der Waals surface area contributed by atoms with Crippen molar-refractivity contribution in [2.24, 2.45) is 29.6 Å². The van der Waals surface area contributed by atoms with E-state index in [-0.39, 0.29) is 41.7 Å². The van der Waals surface area contributed by atoms with Crippen LogP contribution in [0.5, 0.6) is 0 Å². The molecule has 1 saturated heterocycles. The number of hydrogen-bond acceptors (Lipinski definition) is 4. The Morgan fingerprint density at radius 1 is 1.30 bits per heavy atom. The van der Waals surface area contributed by atoms with Crippen molar-refractivity contribution in [1.29, 1.82) is 0 Å². The highest BCUT2D eigenvalue weighted by atomic mass is 79.9. The van der Waals surface area contributed by atoms with E-state index in [2.05, 4.69) is 27.8 Å². The lowest BCUT2D eigenvalue weighted by molar-refractivity contribution is -0.153. The van der Waals surface area contributed by atoms with Gasteiger partial charge in [0.05, 0.1) is 24.9 Å². The fourth-order valence-electron chi connectivity index (χ4n) is 4.40. The Labute approximate surface area is 142 Å². The first-order chi connectivity index (χ1) is 11.1. The maximum atomic E-state index is 12.1. The van der Waals surface area contributed by atoms with Crippen LogP contribution in [0.3, 0.4) is 0 Å². The van der Waals surface area contributed by atoms with Crippen LogP contribution in [0.25, 0.3) is 0 Å². The van der Waals surface area contributed by atoms with E-state index in [1.165, 1.54) is 7.11 Å². The van der Waals surface area contributed by atoms with Crippen LogP contribution in [-0.2, 0) is 19.1 Å². The van der Waals surface area contributed by atoms with Gasteiger partial charge in [-0.1, -0.05) is 27.8 Å². The lowest BCUT2D eigenvalue weighted by atomic mass is 9.74. The summed E-state index contributed by atoms with van der Waals surface area (Å²) in [7, 11) is 1.37. The number of carbonyl (C=O) groups excluding carboxylic acids is 2. The van der Waals surface area contributed by atoms with Crippen LogP contribution in [-0.4, -0.2) is 25.2 Å². The van der Waals surface area contributed by atoms with Crippen molar-refractivity contribution in [2.45, 2.75) is 12.5 Å². The van der Waals surface area contributed by atoms with Crippen LogP contribution in [0.1, 0.15) is 12.0 Å². The first-order valence-electron chi connectivity index (χ1n) is 7.65. The SMILES string of the molecule is COC(=O)C1[C@H]2C[C@@H]3[C@@H](OC(=O)[C@H]13)[C@@H]2C#Cc1ccc(Br)cc1. The molecule has 1 aliphatic heterocycles. The Hall–Kier alpha value is -1.80. The first-order valence-corrected chi connectivity index (χ1v) is 8.45. The van der Waals surface area contributed by atoms with Crippen LogP contribution in [0.15, 0.2) is 28.7 Å². The lowest BCUT2D eigenvalue weighted by Crippen LogP contribution is -2.37. The number of carbonyl (C=O) groups is 2. The van der Waals surface area contributed by atoms with Gasteiger partial charge in [-0.2, -0.15) is 0 Å². The molecule has 1 aromatic rings. The normalized spacial score (nSPS) is 36.3. The largest absolute Gasteiger partial charge is 0.469 e. The van der Waals surface area contributed by atoms with E-state index < -0.39 is 5.92 Å². The molecule has 3 aliphatic rings. The minimum atomic E-state index is -0.402. The molecule has 0 N–H and O–H groups in total. The van der Waals surface area contributed by atoms with Gasteiger partial charge in [0.1, 0.15) is 6.10 Å². The number of rotatable bonds is 1. The summed E-state index contributed by atoms with van der Waals surface area (Å²) in [4.78, 5) is 24.2. The number of fused-ring (bicyclic) bond motifs is 1. The van der Waals surface area contributed by atoms with Gasteiger partial charge in [-0.3, -0.25) is 9.59 Å². The van der Waals surface area contributed by atoms with Gasteiger partial charge in [0.2, 0.25) is 0 Å². The monoisotopic (exact) mass is 374 g/mol. The predicted molar refractivity (Wildman–Crippen MR) is 85.0 cm³/mol. The van der Waals surface area contributed by atoms with Gasteiger partial charge in [0.15, 0.2) is 0 Å². The van der Waals surface area contributed by atoms with Crippen LogP contribution < -0.4 is 0 Å². The molecule has 4 rings (SSSR count). The quantitative estimate of drug-likeness (QED) is 0.559. The zero-order chi connectivity index (χ0) is 16.1. The van der Waals surface area contributed by atoms with Crippen molar-refractivity contribution in [3.05, 3.63) is 34.3 Å². The van der Waals surface area contributed by atoms with Crippen molar-refractivity contribution in [3.63, 3.8) is 0 Å². The molecule has 4 nitrogen and oxygen atoms in total. The highest BCUT2D eigenvalue weighted by Crippen LogP contribution is 2.60. The maximum absolute atomic E-state index is 12.1. The molecular formula is C18H15BrO4. The summed E-state index contributed by atoms with van der Waals surface area (Å²) in [5, 5.41) is 0. The van der Waals surface area contributed by atoms with E-state index in [1.54, 1.807) is 0 Å². The van der Waals surface area contributed by atoms with Crippen LogP contribution in [0.4, 0.5) is 0 Å². The molecule has 118 valence electrons. The second kappa shape index (κ2) is 5.38. The molecule has 2 aliphatic carbocycles. The van der Waals surface area contributed by atoms with E-state index in [9.17, 15) is 9.59 Å². The highest BCUT2D eigenvalue weighted by molar-refractivity contribution is 9.10. The molecule has 0 radical (unpaired) electrons. The number of benzene rings is 1. The summed E-state index contributed by atoms with van der Waals surface area (Å²) in [5.41, 5.74) is 0.909. The molecule has 1 aromatic carbocycles. The summed E-state index contributed by atoms with van der Waals surface area (Å²) >= 11 is 3.40. The Morgan fingerprint density at radius 2 is 2.04 bits per heavy atom. The van der Waals surface area contributed by atoms with E-state index in [0.717, 1.165) is 16.5 Å². The molecule has 3 fully saturated rings. The van der Waals surface area contributed by atoms with Gasteiger partial charge >= 0.3 is 11.9 Å². The number of hydrogen-bond donors (Lipinski definition) is 0. The standard InChI is InChI=1S/C18H15BrO4/c1-22-17(20)14-12-8-13-15(14)18(21)23-16(13)11(12)7-4-9-2-5-10(19)6-3-9/h2-3,5-6,11-16H,8H2,1H3/t11-,12+,13+,14?,15+,16+/m1/s1. The summed E-state index contributed by atoms with van der Waals surface area (Å²) < 4.78 is 11.4. The molecule has 0 amide bonds. The van der Waals surface area contributed by atoms with Gasteiger partial charge in [0.25, 0.3) is 0 Å². The molecule has 0 aromatic heterocycles. The summed E-state index contributed by atoms with van der Waals surface area (Å²) in [6.07, 6.45) is 0.655. The van der Waals surface area contributed by atoms with E-state index in [1.807, 2.05) is 24.3 Å². The highest BCUT2D eigenvalue weighted by Gasteiger charge is 2.68. The minimum absolute atomic E-state index is 0.0526. The molecule has 1 unspecified atom stereocenters. The zero-order valence-electron chi connectivity index (χ0n) is 12.5. The van der Waals surface area contributed by atoms with Crippen molar-refractivity contribution in [1.82, 2.24) is 0 Å². The second-order valence-corrected chi connectivity index (χ2v) is 7.26. The lowest BCUT2D eigenvalue weighted by Gasteiger charge is -2.26. The van der Waals surface area contributed by atoms with Gasteiger partial charge in [0, 0.05) is 16.0 Å². The van der Waals surface area contributed by atoms with E-state index in [4.69, 9.17) is 9.47 Å². The van der Waals surface area contributed by atoms with Gasteiger partial charge in [-0.05, 0) is 36.6 Å². The smallest absolute Gasteiger partial charge is 0.310 e. The maximum Gasteiger partial charge on any atom is 0.310 e. The third-order valence-electron chi connectivity index (χ3n) is 5.32. The average Bonchev–Trinajstić information content (AvgIpc) is 3.16. The minimum Gasteiger partial charge on any atom is -0.469 e. The van der Waals surface area contributed by atoms with Crippen molar-refractivity contribution in [2.75, 3.05) is 7.11 Å². The van der Waals surface area contributed by atoms with Crippen LogP contribution >= 0.6 is 15.9 Å². The summed E-state index contributed by atoms with van der Waals surface area (Å²) in [6.45, 7) is 0. The van der Waals surface area contributed by atoms with Gasteiger partial charge in [-0.15, -0.1) is 0 Å². The molecule has 5 heteroatoms. The molecule has 2 bridgehead atoms. The third kappa shape index (κ3) is 2.20. The van der Waals surface area contributed by atoms with E-state index in [0.29, 0.717) is 0 Å². The molecule has 6 atom stereocenters. The number of ether oxygens (including phenoxy) is 2. The van der Waals surface area contributed by atoms with Gasteiger partial charge in [-0.25, -0.2) is 0 Å². The molecule has 1 heterocycles. The Bertz CT molecular complexity index is 730. The van der Waals surface area contributed by atoms with Crippen LogP contribution in [0, 0.1) is 41.4 Å². The van der Waals surface area contributed by atoms with Crippen LogP contribution in [0.2, 0.25) is 0 Å². The Kier molecular flexibility index (Phi) is 3.46. The number of methoxy groups -OCH3 is 1. The summed E-state index contributed by atoms with van der Waals surface area (Å²) in [6, 6.07) is 7.75. The zero-order valence-corrected chi connectivity index (χ0v) is 14.1. The fourth-order valence-corrected chi connectivity index (χ4v) is 4.66. The van der Waals surface area contributed by atoms with Crippen molar-refractivity contribution >= 4 is 27.9 Å². The molecule has 23 heavy (non-hydrogen) atoms. The Balaban J connectivity index is 1.64. The molecule has 0 spiro atoms. The molecule has 2 saturated carbocycles. The first kappa shape index (κ1) is 14.8. The van der Waals surface area contributed by atoms with E-state index >= 15 is 0 Å². The van der Waals surface area contributed by atoms with Crippen molar-refractivity contribution in [3.8, 4) is 11.8 Å². The van der Waals surface area contributed by atoms with Crippen molar-refractivity contribution < 1.29 is 19.1 Å². The number of halogens is 1.